The summed E-state index contributed by atoms with van der Waals surface area (Å²) in [7, 11) is 1.42. The standard InChI is InChI=1S/C25H16BrCl2N3O7/c1-37-21-10-14(8-18(26)22(21)38-12-13-5-6-19(27)20(28)9-13)7-17-23(32)29-25(34)30(24(17)33)15-3-2-4-16(11-15)31(35)36/h2-11H,12H2,1H3,(H,29,32,34)/b17-7+. The molecule has 10 nitrogen and oxygen atoms in total. The van der Waals surface area contributed by atoms with E-state index < -0.39 is 22.8 Å². The molecule has 4 rings (SSSR count). The second-order valence-corrected chi connectivity index (χ2v) is 9.47. The number of amides is 4. The molecule has 0 aromatic heterocycles. The van der Waals surface area contributed by atoms with Crippen LogP contribution in [0.2, 0.25) is 10.0 Å². The van der Waals surface area contributed by atoms with E-state index >= 15 is 0 Å². The van der Waals surface area contributed by atoms with E-state index in [2.05, 4.69) is 21.2 Å². The van der Waals surface area contributed by atoms with Crippen LogP contribution < -0.4 is 19.7 Å². The van der Waals surface area contributed by atoms with Crippen molar-refractivity contribution in [2.24, 2.45) is 0 Å². The number of carbonyl (C=O) groups is 3. The van der Waals surface area contributed by atoms with E-state index in [1.807, 2.05) is 0 Å². The van der Waals surface area contributed by atoms with Crippen LogP contribution in [0.1, 0.15) is 11.1 Å². The lowest BCUT2D eigenvalue weighted by atomic mass is 10.1. The molecule has 0 aliphatic carbocycles. The Bertz CT molecular complexity index is 1530. The van der Waals surface area contributed by atoms with E-state index in [9.17, 15) is 24.5 Å². The van der Waals surface area contributed by atoms with Crippen molar-refractivity contribution in [1.29, 1.82) is 0 Å². The minimum atomic E-state index is -1.03. The number of ether oxygens (including phenoxy) is 2. The van der Waals surface area contributed by atoms with Crippen LogP contribution in [0.3, 0.4) is 0 Å². The summed E-state index contributed by atoms with van der Waals surface area (Å²) in [6.07, 6.45) is 1.27. The first-order valence-electron chi connectivity index (χ1n) is 10.7. The van der Waals surface area contributed by atoms with Gasteiger partial charge in [0.1, 0.15) is 12.2 Å². The molecule has 1 saturated heterocycles. The summed E-state index contributed by atoms with van der Waals surface area (Å²) in [6, 6.07) is 12.1. The number of non-ortho nitro benzene ring substituents is 1. The number of hydrogen-bond donors (Lipinski definition) is 1. The smallest absolute Gasteiger partial charge is 0.335 e. The number of halogens is 3. The summed E-state index contributed by atoms with van der Waals surface area (Å²) in [5.74, 6) is -1.22. The number of carbonyl (C=O) groups excluding carboxylic acids is 3. The average molecular weight is 621 g/mol. The van der Waals surface area contributed by atoms with Crippen molar-refractivity contribution in [2.75, 3.05) is 12.0 Å². The molecule has 1 N–H and O–H groups in total. The first-order chi connectivity index (χ1) is 18.1. The Kier molecular flexibility index (Phi) is 8.00. The van der Waals surface area contributed by atoms with E-state index in [0.29, 0.717) is 36.5 Å². The number of imide groups is 2. The number of hydrogen-bond acceptors (Lipinski definition) is 7. The Labute approximate surface area is 234 Å². The molecule has 38 heavy (non-hydrogen) atoms. The monoisotopic (exact) mass is 619 g/mol. The van der Waals surface area contributed by atoms with Gasteiger partial charge in [-0.2, -0.15) is 0 Å². The molecule has 0 spiro atoms. The van der Waals surface area contributed by atoms with Gasteiger partial charge in [-0.1, -0.05) is 35.3 Å². The number of nitrogens with one attached hydrogen (secondary N) is 1. The van der Waals surface area contributed by atoms with Crippen molar-refractivity contribution in [1.82, 2.24) is 5.32 Å². The zero-order chi connectivity index (χ0) is 27.6. The zero-order valence-electron chi connectivity index (χ0n) is 19.4. The highest BCUT2D eigenvalue weighted by atomic mass is 79.9. The fourth-order valence-corrected chi connectivity index (χ4v) is 4.45. The number of urea groups is 1. The molecule has 1 aliphatic heterocycles. The van der Waals surface area contributed by atoms with Gasteiger partial charge in [0.05, 0.1) is 32.2 Å². The lowest BCUT2D eigenvalue weighted by Crippen LogP contribution is -2.54. The molecule has 0 bridgehead atoms. The largest absolute Gasteiger partial charge is 0.493 e. The van der Waals surface area contributed by atoms with Crippen molar-refractivity contribution in [2.45, 2.75) is 6.61 Å². The topological polar surface area (TPSA) is 128 Å². The van der Waals surface area contributed by atoms with Crippen LogP contribution in [0.4, 0.5) is 16.2 Å². The van der Waals surface area contributed by atoms with Gasteiger partial charge < -0.3 is 9.47 Å². The average Bonchev–Trinajstić information content (AvgIpc) is 2.87. The van der Waals surface area contributed by atoms with Crippen molar-refractivity contribution in [3.05, 3.63) is 95.9 Å². The zero-order valence-corrected chi connectivity index (χ0v) is 22.5. The van der Waals surface area contributed by atoms with Crippen LogP contribution in [-0.2, 0) is 16.2 Å². The molecule has 0 radical (unpaired) electrons. The Morgan fingerprint density at radius 1 is 1.08 bits per heavy atom. The summed E-state index contributed by atoms with van der Waals surface area (Å²) in [6.45, 7) is 0.146. The Hall–Kier alpha value is -3.93. The number of nitro benzene ring substituents is 1. The maximum atomic E-state index is 13.2. The van der Waals surface area contributed by atoms with Crippen molar-refractivity contribution >= 4 is 74.4 Å². The third-order valence-corrected chi connectivity index (χ3v) is 6.66. The predicted octanol–water partition coefficient (Wildman–Crippen LogP) is 5.92. The number of rotatable bonds is 7. The van der Waals surface area contributed by atoms with Gasteiger partial charge in [0.2, 0.25) is 0 Å². The van der Waals surface area contributed by atoms with Gasteiger partial charge in [-0.05, 0) is 63.5 Å². The summed E-state index contributed by atoms with van der Waals surface area (Å²) < 4.78 is 11.8. The predicted molar refractivity (Wildman–Crippen MR) is 144 cm³/mol. The SMILES string of the molecule is COc1cc(/C=C2\C(=O)NC(=O)N(c3cccc([N+](=O)[O-])c3)C2=O)cc(Br)c1OCc1ccc(Cl)c(Cl)c1. The first-order valence-corrected chi connectivity index (χ1v) is 12.2. The minimum Gasteiger partial charge on any atom is -0.493 e. The third kappa shape index (κ3) is 5.64. The van der Waals surface area contributed by atoms with Crippen molar-refractivity contribution in [3.63, 3.8) is 0 Å². The summed E-state index contributed by atoms with van der Waals surface area (Å²) in [5, 5.41) is 14.0. The van der Waals surface area contributed by atoms with Crippen molar-refractivity contribution in [3.8, 4) is 11.5 Å². The van der Waals surface area contributed by atoms with Crippen molar-refractivity contribution < 1.29 is 28.8 Å². The quantitative estimate of drug-likeness (QED) is 0.150. The molecule has 3 aromatic rings. The van der Waals surface area contributed by atoms with E-state index in [1.165, 1.54) is 37.5 Å². The number of methoxy groups -OCH3 is 1. The molecule has 3 aromatic carbocycles. The van der Waals surface area contributed by atoms with Gasteiger partial charge >= 0.3 is 6.03 Å². The van der Waals surface area contributed by atoms with Crippen LogP contribution in [0.25, 0.3) is 6.08 Å². The molecule has 1 heterocycles. The van der Waals surface area contributed by atoms with E-state index in [-0.39, 0.29) is 23.6 Å². The number of anilines is 1. The summed E-state index contributed by atoms with van der Waals surface area (Å²) in [4.78, 5) is 49.3. The molecule has 0 unspecified atom stereocenters. The maximum Gasteiger partial charge on any atom is 0.335 e. The highest BCUT2D eigenvalue weighted by Gasteiger charge is 2.37. The molecule has 194 valence electrons. The summed E-state index contributed by atoms with van der Waals surface area (Å²) in [5.41, 5.74) is 0.382. The maximum absolute atomic E-state index is 13.2. The lowest BCUT2D eigenvalue weighted by Gasteiger charge is -2.26. The highest BCUT2D eigenvalue weighted by Crippen LogP contribution is 2.38. The molecule has 0 atom stereocenters. The first kappa shape index (κ1) is 27.1. The molecule has 1 fully saturated rings. The third-order valence-electron chi connectivity index (χ3n) is 5.33. The normalized spacial score (nSPS) is 14.5. The van der Waals surface area contributed by atoms with Crippen LogP contribution in [0, 0.1) is 10.1 Å². The fourth-order valence-electron chi connectivity index (χ4n) is 3.55. The Morgan fingerprint density at radius 3 is 2.53 bits per heavy atom. The molecule has 13 heteroatoms. The molecule has 1 aliphatic rings. The van der Waals surface area contributed by atoms with Gasteiger partial charge in [-0.15, -0.1) is 0 Å². The minimum absolute atomic E-state index is 0.0649. The van der Waals surface area contributed by atoms with Gasteiger partial charge in [-0.3, -0.25) is 25.0 Å². The molecule has 4 amide bonds. The van der Waals surface area contributed by atoms with Gasteiger partial charge in [0, 0.05) is 12.1 Å². The molecular formula is C25H16BrCl2N3O7. The van der Waals surface area contributed by atoms with Gasteiger partial charge in [0.25, 0.3) is 17.5 Å². The van der Waals surface area contributed by atoms with E-state index in [1.54, 1.807) is 24.3 Å². The van der Waals surface area contributed by atoms with Crippen LogP contribution >= 0.6 is 39.1 Å². The lowest BCUT2D eigenvalue weighted by molar-refractivity contribution is -0.384. The summed E-state index contributed by atoms with van der Waals surface area (Å²) >= 11 is 15.4. The Balaban J connectivity index is 1.64. The van der Waals surface area contributed by atoms with Crippen LogP contribution in [-0.4, -0.2) is 29.9 Å². The van der Waals surface area contributed by atoms with Gasteiger partial charge in [0.15, 0.2) is 11.5 Å². The van der Waals surface area contributed by atoms with Crippen LogP contribution in [0.15, 0.2) is 64.6 Å². The van der Waals surface area contributed by atoms with Crippen LogP contribution in [0.5, 0.6) is 11.5 Å². The number of nitrogens with zero attached hydrogens (tertiary/aromatic N) is 2. The Morgan fingerprint density at radius 2 is 1.84 bits per heavy atom. The number of nitro groups is 1. The highest BCUT2D eigenvalue weighted by molar-refractivity contribution is 9.10. The van der Waals surface area contributed by atoms with Gasteiger partial charge in [-0.25, -0.2) is 9.69 Å². The second kappa shape index (κ2) is 11.2. The fraction of sp³-hybridized carbons (Fsp3) is 0.0800. The van der Waals surface area contributed by atoms with E-state index in [0.717, 1.165) is 11.6 Å². The molecule has 0 saturated carbocycles. The van der Waals surface area contributed by atoms with E-state index in [4.69, 9.17) is 32.7 Å². The molecular weight excluding hydrogens is 605 g/mol. The number of barbiturate groups is 1. The second-order valence-electron chi connectivity index (χ2n) is 7.81. The number of benzene rings is 3.